The van der Waals surface area contributed by atoms with Crippen LogP contribution < -0.4 is 10.1 Å². The number of aromatic nitrogens is 3. The number of ether oxygens (including phenoxy) is 1. The Hall–Kier alpha value is -2.60. The molecule has 0 spiro atoms. The van der Waals surface area contributed by atoms with E-state index in [4.69, 9.17) is 16.3 Å². The van der Waals surface area contributed by atoms with E-state index in [0.29, 0.717) is 22.3 Å². The molecule has 23 heavy (non-hydrogen) atoms. The van der Waals surface area contributed by atoms with Gasteiger partial charge in [-0.2, -0.15) is 5.10 Å². The van der Waals surface area contributed by atoms with Gasteiger partial charge in [0.2, 0.25) is 0 Å². The maximum Gasteiger partial charge on any atom is 0.262 e. The molecular weight excluding hydrogens is 316 g/mol. The van der Waals surface area contributed by atoms with Gasteiger partial charge >= 0.3 is 0 Å². The first-order valence-corrected chi connectivity index (χ1v) is 7.41. The number of carbonyl (C=O) groups excluding carboxylic acids is 1. The average molecular weight is 331 g/mol. The zero-order valence-electron chi connectivity index (χ0n) is 12.7. The summed E-state index contributed by atoms with van der Waals surface area (Å²) in [5, 5.41) is 7.66. The highest BCUT2D eigenvalue weighted by molar-refractivity contribution is 6.30. The van der Waals surface area contributed by atoms with Gasteiger partial charge in [0, 0.05) is 5.02 Å². The first-order chi connectivity index (χ1) is 11.0. The van der Waals surface area contributed by atoms with Gasteiger partial charge < -0.3 is 10.1 Å². The van der Waals surface area contributed by atoms with Gasteiger partial charge in [-0.15, -0.1) is 0 Å². The minimum absolute atomic E-state index is 0.0882. The summed E-state index contributed by atoms with van der Waals surface area (Å²) in [5.41, 5.74) is 2.35. The molecule has 0 unspecified atom stereocenters. The van der Waals surface area contributed by atoms with Crippen LogP contribution in [0, 0.1) is 13.8 Å². The summed E-state index contributed by atoms with van der Waals surface area (Å²) in [7, 11) is 0. The number of fused-ring (bicyclic) bond motifs is 1. The minimum atomic E-state index is -0.254. The van der Waals surface area contributed by atoms with Crippen molar-refractivity contribution in [2.75, 3.05) is 11.9 Å². The quantitative estimate of drug-likeness (QED) is 0.798. The molecule has 2 aromatic heterocycles. The minimum Gasteiger partial charge on any atom is -0.484 e. The highest BCUT2D eigenvalue weighted by Crippen LogP contribution is 2.17. The lowest BCUT2D eigenvalue weighted by Gasteiger charge is -2.08. The summed E-state index contributed by atoms with van der Waals surface area (Å²) >= 11 is 5.80. The van der Waals surface area contributed by atoms with E-state index >= 15 is 0 Å². The topological polar surface area (TPSA) is 68.5 Å². The van der Waals surface area contributed by atoms with Gasteiger partial charge in [-0.1, -0.05) is 11.6 Å². The number of amides is 1. The summed E-state index contributed by atoms with van der Waals surface area (Å²) < 4.78 is 7.06. The largest absolute Gasteiger partial charge is 0.484 e. The number of halogens is 1. The Balaban J connectivity index is 1.66. The Morgan fingerprint density at radius 3 is 2.78 bits per heavy atom. The lowest BCUT2D eigenvalue weighted by molar-refractivity contribution is -0.118. The summed E-state index contributed by atoms with van der Waals surface area (Å²) in [6.07, 6.45) is 1.72. The van der Waals surface area contributed by atoms with Gasteiger partial charge in [0.25, 0.3) is 5.91 Å². The molecule has 6 nitrogen and oxygen atoms in total. The van der Waals surface area contributed by atoms with Crippen LogP contribution in [0.25, 0.3) is 5.65 Å². The molecule has 0 saturated heterocycles. The van der Waals surface area contributed by atoms with Crippen LogP contribution in [-0.4, -0.2) is 27.1 Å². The third kappa shape index (κ3) is 3.60. The molecule has 1 amide bonds. The molecular formula is C16H15ClN4O2. The Morgan fingerprint density at radius 1 is 1.30 bits per heavy atom. The number of hydrogen-bond donors (Lipinski definition) is 1. The number of aryl methyl sites for hydroxylation is 2. The molecule has 2 heterocycles. The van der Waals surface area contributed by atoms with Crippen molar-refractivity contribution in [2.45, 2.75) is 13.8 Å². The molecule has 1 aromatic carbocycles. The highest BCUT2D eigenvalue weighted by atomic mass is 35.5. The smallest absolute Gasteiger partial charge is 0.262 e. The van der Waals surface area contributed by atoms with E-state index in [1.807, 2.05) is 19.9 Å². The van der Waals surface area contributed by atoms with Crippen molar-refractivity contribution in [3.05, 3.63) is 52.9 Å². The van der Waals surface area contributed by atoms with Crippen LogP contribution in [0.1, 0.15) is 11.4 Å². The zero-order chi connectivity index (χ0) is 16.4. The molecule has 0 saturated carbocycles. The second kappa shape index (κ2) is 6.26. The highest BCUT2D eigenvalue weighted by Gasteiger charge is 2.08. The van der Waals surface area contributed by atoms with Crippen LogP contribution in [-0.2, 0) is 4.79 Å². The summed E-state index contributed by atoms with van der Waals surface area (Å²) in [6.45, 7) is 3.66. The molecule has 0 aliphatic heterocycles. The van der Waals surface area contributed by atoms with Crippen LogP contribution in [0.15, 0.2) is 36.5 Å². The Morgan fingerprint density at radius 2 is 2.04 bits per heavy atom. The third-order valence-corrected chi connectivity index (χ3v) is 3.44. The molecule has 3 rings (SSSR count). The summed E-state index contributed by atoms with van der Waals surface area (Å²) in [5.74, 6) is 1.02. The Bertz CT molecular complexity index is 858. The number of nitrogens with zero attached hydrogens (tertiary/aromatic N) is 3. The fourth-order valence-electron chi connectivity index (χ4n) is 2.20. The molecule has 118 valence electrons. The van der Waals surface area contributed by atoms with Gasteiger partial charge in [0.15, 0.2) is 12.3 Å². The Labute approximate surface area is 138 Å². The van der Waals surface area contributed by atoms with Gasteiger partial charge in [-0.05, 0) is 49.7 Å². The van der Waals surface area contributed by atoms with Crippen molar-refractivity contribution in [2.24, 2.45) is 0 Å². The van der Waals surface area contributed by atoms with Gasteiger partial charge in [-0.3, -0.25) is 4.79 Å². The molecule has 0 aliphatic rings. The predicted octanol–water partition coefficient (Wildman–Crippen LogP) is 3.02. The predicted molar refractivity (Wildman–Crippen MR) is 88.0 cm³/mol. The van der Waals surface area contributed by atoms with Crippen LogP contribution in [0.3, 0.4) is 0 Å². The van der Waals surface area contributed by atoms with Crippen molar-refractivity contribution in [3.63, 3.8) is 0 Å². The van der Waals surface area contributed by atoms with E-state index in [9.17, 15) is 4.79 Å². The van der Waals surface area contributed by atoms with E-state index in [1.165, 1.54) is 0 Å². The number of carbonyl (C=O) groups is 1. The molecule has 0 aliphatic carbocycles. The van der Waals surface area contributed by atoms with Crippen molar-refractivity contribution >= 4 is 28.8 Å². The lowest BCUT2D eigenvalue weighted by Crippen LogP contribution is -2.20. The molecule has 0 fully saturated rings. The lowest BCUT2D eigenvalue weighted by atomic mass is 10.3. The zero-order valence-corrected chi connectivity index (χ0v) is 13.5. The molecule has 0 radical (unpaired) electrons. The first kappa shape index (κ1) is 15.3. The monoisotopic (exact) mass is 330 g/mol. The standard InChI is InChI=1S/C16H15ClN4O2/c1-10-7-13(8-21-16(10)18-11(2)20-21)19-15(22)9-23-14-5-3-12(17)4-6-14/h3-8H,9H2,1-2H3,(H,19,22). The number of benzene rings is 1. The summed E-state index contributed by atoms with van der Waals surface area (Å²) in [4.78, 5) is 16.3. The van der Waals surface area contributed by atoms with Crippen molar-refractivity contribution < 1.29 is 9.53 Å². The summed E-state index contributed by atoms with van der Waals surface area (Å²) in [6, 6.07) is 8.69. The van der Waals surface area contributed by atoms with E-state index in [-0.39, 0.29) is 12.5 Å². The van der Waals surface area contributed by atoms with Gasteiger partial charge in [-0.25, -0.2) is 9.50 Å². The molecule has 0 atom stereocenters. The second-order valence-electron chi connectivity index (χ2n) is 5.13. The molecule has 1 N–H and O–H groups in total. The third-order valence-electron chi connectivity index (χ3n) is 3.19. The average Bonchev–Trinajstić information content (AvgIpc) is 2.88. The van der Waals surface area contributed by atoms with E-state index in [1.54, 1.807) is 35.0 Å². The molecule has 7 heteroatoms. The van der Waals surface area contributed by atoms with Gasteiger partial charge in [0.1, 0.15) is 11.6 Å². The number of nitrogens with one attached hydrogen (secondary N) is 1. The van der Waals surface area contributed by atoms with Crippen LogP contribution >= 0.6 is 11.6 Å². The SMILES string of the molecule is Cc1nc2c(C)cc(NC(=O)COc3ccc(Cl)cc3)cn2n1. The maximum absolute atomic E-state index is 12.0. The van der Waals surface area contributed by atoms with E-state index in [0.717, 1.165) is 11.2 Å². The first-order valence-electron chi connectivity index (χ1n) is 7.03. The van der Waals surface area contributed by atoms with Crippen molar-refractivity contribution in [1.82, 2.24) is 14.6 Å². The van der Waals surface area contributed by atoms with Crippen LogP contribution in [0.5, 0.6) is 5.75 Å². The van der Waals surface area contributed by atoms with Crippen LogP contribution in [0.4, 0.5) is 5.69 Å². The molecule has 0 bridgehead atoms. The fraction of sp³-hybridized carbons (Fsp3) is 0.188. The number of anilines is 1. The van der Waals surface area contributed by atoms with Crippen molar-refractivity contribution in [1.29, 1.82) is 0 Å². The number of pyridine rings is 1. The maximum atomic E-state index is 12.0. The fourth-order valence-corrected chi connectivity index (χ4v) is 2.33. The van der Waals surface area contributed by atoms with Gasteiger partial charge in [0.05, 0.1) is 11.9 Å². The molecule has 3 aromatic rings. The number of rotatable bonds is 4. The van der Waals surface area contributed by atoms with E-state index < -0.39 is 0 Å². The number of hydrogen-bond acceptors (Lipinski definition) is 4. The second-order valence-corrected chi connectivity index (χ2v) is 5.57. The van der Waals surface area contributed by atoms with E-state index in [2.05, 4.69) is 15.4 Å². The normalized spacial score (nSPS) is 10.7. The van der Waals surface area contributed by atoms with Crippen LogP contribution in [0.2, 0.25) is 5.02 Å². The Kier molecular flexibility index (Phi) is 4.16. The van der Waals surface area contributed by atoms with Crippen molar-refractivity contribution in [3.8, 4) is 5.75 Å².